The van der Waals surface area contributed by atoms with Gasteiger partial charge in [-0.05, 0) is 32.3 Å². The number of unbranched alkanes of at least 4 members (excludes halogenated alkanes) is 2. The minimum Gasteiger partial charge on any atom is -0.513 e. The van der Waals surface area contributed by atoms with E-state index in [1.165, 1.54) is 0 Å². The van der Waals surface area contributed by atoms with E-state index in [-0.39, 0.29) is 0 Å². The molecule has 1 N–H and O–H groups in total. The maximum Gasteiger partial charge on any atom is 0.0851 e. The van der Waals surface area contributed by atoms with Gasteiger partial charge in [0, 0.05) is 13.7 Å². The number of hydrogen-bond acceptors (Lipinski definition) is 2. The summed E-state index contributed by atoms with van der Waals surface area (Å²) in [7, 11) is 1.70. The van der Waals surface area contributed by atoms with Crippen molar-refractivity contribution in [2.75, 3.05) is 13.7 Å². The van der Waals surface area contributed by atoms with E-state index in [1.54, 1.807) is 14.0 Å². The maximum atomic E-state index is 8.74. The van der Waals surface area contributed by atoms with Gasteiger partial charge in [-0.3, -0.25) is 0 Å². The maximum absolute atomic E-state index is 8.74. The Morgan fingerprint density at radius 1 is 1.50 bits per heavy atom. The predicted octanol–water partition coefficient (Wildman–Crippen LogP) is 2.26. The molecule has 0 aliphatic heterocycles. The molecule has 0 aromatic heterocycles. The molecule has 60 valence electrons. The third-order valence-electron chi connectivity index (χ3n) is 1.24. The molecule has 2 nitrogen and oxygen atoms in total. The molecule has 2 heteroatoms. The van der Waals surface area contributed by atoms with Crippen molar-refractivity contribution in [3.8, 4) is 0 Å². The Hall–Kier alpha value is -0.500. The fourth-order valence-corrected chi connectivity index (χ4v) is 0.702. The van der Waals surface area contributed by atoms with E-state index >= 15 is 0 Å². The summed E-state index contributed by atoms with van der Waals surface area (Å²) in [5, 5.41) is 8.74. The monoisotopic (exact) mass is 144 g/mol. The first-order valence-electron chi connectivity index (χ1n) is 3.62. The summed E-state index contributed by atoms with van der Waals surface area (Å²) >= 11 is 0. The Bertz CT molecular complexity index is 93.4. The number of ether oxygens (including phenoxy) is 1. The van der Waals surface area contributed by atoms with E-state index < -0.39 is 0 Å². The van der Waals surface area contributed by atoms with Gasteiger partial charge >= 0.3 is 0 Å². The Labute approximate surface area is 62.5 Å². The third-order valence-corrected chi connectivity index (χ3v) is 1.24. The predicted molar refractivity (Wildman–Crippen MR) is 42.1 cm³/mol. The lowest BCUT2D eigenvalue weighted by Gasteiger charge is -1.95. The van der Waals surface area contributed by atoms with E-state index in [1.807, 2.05) is 6.08 Å². The van der Waals surface area contributed by atoms with E-state index in [4.69, 9.17) is 9.84 Å². The van der Waals surface area contributed by atoms with E-state index in [2.05, 4.69) is 0 Å². The van der Waals surface area contributed by atoms with Gasteiger partial charge in [-0.25, -0.2) is 0 Å². The van der Waals surface area contributed by atoms with Crippen molar-refractivity contribution in [3.63, 3.8) is 0 Å². The number of hydrogen-bond donors (Lipinski definition) is 1. The topological polar surface area (TPSA) is 29.5 Å². The Balaban J connectivity index is 2.98. The molecule has 0 bridgehead atoms. The smallest absolute Gasteiger partial charge is 0.0851 e. The van der Waals surface area contributed by atoms with Crippen LogP contribution in [0, 0.1) is 0 Å². The van der Waals surface area contributed by atoms with Crippen LogP contribution in [0.4, 0.5) is 0 Å². The third kappa shape index (κ3) is 7.50. The van der Waals surface area contributed by atoms with Crippen LogP contribution in [0.2, 0.25) is 0 Å². The van der Waals surface area contributed by atoms with E-state index in [0.717, 1.165) is 25.9 Å². The highest BCUT2D eigenvalue weighted by Crippen LogP contribution is 1.98. The molecular formula is C8H16O2. The van der Waals surface area contributed by atoms with Crippen LogP contribution in [0.25, 0.3) is 0 Å². The molecule has 0 aromatic rings. The first-order chi connectivity index (χ1) is 4.77. The van der Waals surface area contributed by atoms with Crippen LogP contribution < -0.4 is 0 Å². The Morgan fingerprint density at radius 3 is 2.70 bits per heavy atom. The molecule has 0 fully saturated rings. The van der Waals surface area contributed by atoms with Crippen LogP contribution in [-0.4, -0.2) is 18.8 Å². The molecule has 0 aromatic carbocycles. The number of aliphatic hydroxyl groups excluding tert-OH is 1. The van der Waals surface area contributed by atoms with Crippen molar-refractivity contribution in [1.82, 2.24) is 0 Å². The van der Waals surface area contributed by atoms with Gasteiger partial charge < -0.3 is 9.84 Å². The Morgan fingerprint density at radius 2 is 2.20 bits per heavy atom. The highest BCUT2D eigenvalue weighted by atomic mass is 16.5. The first-order valence-corrected chi connectivity index (χ1v) is 3.62. The van der Waals surface area contributed by atoms with Crippen LogP contribution in [0.15, 0.2) is 11.8 Å². The largest absolute Gasteiger partial charge is 0.513 e. The highest BCUT2D eigenvalue weighted by molar-refractivity contribution is 4.84. The van der Waals surface area contributed by atoms with Crippen molar-refractivity contribution < 1.29 is 9.84 Å². The minimum absolute atomic E-state index is 0.414. The van der Waals surface area contributed by atoms with Gasteiger partial charge in [0.1, 0.15) is 0 Å². The van der Waals surface area contributed by atoms with E-state index in [9.17, 15) is 0 Å². The summed E-state index contributed by atoms with van der Waals surface area (Å²) < 4.78 is 4.87. The quantitative estimate of drug-likeness (QED) is 0.473. The summed E-state index contributed by atoms with van der Waals surface area (Å²) in [6.45, 7) is 2.51. The second kappa shape index (κ2) is 6.62. The summed E-state index contributed by atoms with van der Waals surface area (Å²) in [5.74, 6) is 0.414. The molecule has 0 aliphatic carbocycles. The molecule has 0 atom stereocenters. The SMILES string of the molecule is COCCCC/C=C(/C)O. The zero-order chi connectivity index (χ0) is 7.82. The molecule has 0 heterocycles. The summed E-state index contributed by atoms with van der Waals surface area (Å²) in [4.78, 5) is 0. The molecule has 0 amide bonds. The van der Waals surface area contributed by atoms with Gasteiger partial charge in [0.25, 0.3) is 0 Å². The van der Waals surface area contributed by atoms with Gasteiger partial charge in [-0.1, -0.05) is 0 Å². The van der Waals surface area contributed by atoms with Crippen molar-refractivity contribution in [2.24, 2.45) is 0 Å². The molecule has 0 aliphatic rings. The van der Waals surface area contributed by atoms with Gasteiger partial charge in [0.15, 0.2) is 0 Å². The zero-order valence-corrected chi connectivity index (χ0v) is 6.76. The summed E-state index contributed by atoms with van der Waals surface area (Å²) in [5.41, 5.74) is 0. The van der Waals surface area contributed by atoms with Gasteiger partial charge in [-0.15, -0.1) is 0 Å². The fraction of sp³-hybridized carbons (Fsp3) is 0.750. The fourth-order valence-electron chi connectivity index (χ4n) is 0.702. The summed E-state index contributed by atoms with van der Waals surface area (Å²) in [6, 6.07) is 0. The molecule has 10 heavy (non-hydrogen) atoms. The van der Waals surface area contributed by atoms with Gasteiger partial charge in [0.05, 0.1) is 5.76 Å². The normalized spacial score (nSPS) is 12.0. The Kier molecular flexibility index (Phi) is 6.29. The lowest BCUT2D eigenvalue weighted by Crippen LogP contribution is -1.86. The highest BCUT2D eigenvalue weighted by Gasteiger charge is 1.85. The summed E-state index contributed by atoms with van der Waals surface area (Å²) in [6.07, 6.45) is 4.94. The molecule has 0 spiro atoms. The number of aliphatic hydroxyl groups is 1. The molecule has 0 saturated heterocycles. The van der Waals surface area contributed by atoms with Crippen LogP contribution in [-0.2, 0) is 4.74 Å². The lowest BCUT2D eigenvalue weighted by molar-refractivity contribution is 0.193. The zero-order valence-electron chi connectivity index (χ0n) is 6.76. The van der Waals surface area contributed by atoms with E-state index in [0.29, 0.717) is 5.76 Å². The number of methoxy groups -OCH3 is 1. The van der Waals surface area contributed by atoms with Crippen molar-refractivity contribution in [3.05, 3.63) is 11.8 Å². The van der Waals surface area contributed by atoms with Gasteiger partial charge in [0.2, 0.25) is 0 Å². The lowest BCUT2D eigenvalue weighted by atomic mass is 10.2. The molecule has 0 rings (SSSR count). The van der Waals surface area contributed by atoms with Crippen LogP contribution in [0.3, 0.4) is 0 Å². The molecule has 0 saturated carbocycles. The molecule has 0 radical (unpaired) electrons. The molecule has 0 unspecified atom stereocenters. The van der Waals surface area contributed by atoms with Crippen LogP contribution in [0.5, 0.6) is 0 Å². The van der Waals surface area contributed by atoms with Crippen molar-refractivity contribution >= 4 is 0 Å². The van der Waals surface area contributed by atoms with Crippen molar-refractivity contribution in [1.29, 1.82) is 0 Å². The average molecular weight is 144 g/mol. The van der Waals surface area contributed by atoms with Gasteiger partial charge in [-0.2, -0.15) is 0 Å². The minimum atomic E-state index is 0.414. The second-order valence-corrected chi connectivity index (χ2v) is 2.33. The van der Waals surface area contributed by atoms with Crippen LogP contribution in [0.1, 0.15) is 26.2 Å². The first kappa shape index (κ1) is 9.50. The van der Waals surface area contributed by atoms with Crippen LogP contribution >= 0.6 is 0 Å². The molecular weight excluding hydrogens is 128 g/mol. The number of rotatable bonds is 5. The second-order valence-electron chi connectivity index (χ2n) is 2.33. The number of allylic oxidation sites excluding steroid dienone is 2. The average Bonchev–Trinajstić information content (AvgIpc) is 1.87. The standard InChI is InChI=1S/C8H16O2/c1-8(9)6-4-3-5-7-10-2/h6,9H,3-5,7H2,1-2H3/b8-6-. The van der Waals surface area contributed by atoms with Crippen molar-refractivity contribution in [2.45, 2.75) is 26.2 Å².